The van der Waals surface area contributed by atoms with Crippen LogP contribution in [0.25, 0.3) is 88.8 Å². The third-order valence-corrected chi connectivity index (χ3v) is 17.9. The van der Waals surface area contributed by atoms with Crippen LogP contribution in [-0.2, 0) is 0 Å². The van der Waals surface area contributed by atoms with Gasteiger partial charge in [0.1, 0.15) is 0 Å². The third-order valence-electron chi connectivity index (χ3n) is 13.2. The normalized spacial score (nSPS) is 12.9. The Morgan fingerprint density at radius 2 is 0.857 bits per heavy atom. The van der Waals surface area contributed by atoms with Crippen molar-refractivity contribution >= 4 is 72.6 Å². The fourth-order valence-electron chi connectivity index (χ4n) is 10.6. The highest BCUT2D eigenvalue weighted by atomic mass is 28.3. The first-order chi connectivity index (χ1) is 31.3. The Bertz CT molecular complexity index is 3690. The highest BCUT2D eigenvalue weighted by molar-refractivity contribution is 7.21. The first-order valence-corrected chi connectivity index (χ1v) is 23.6. The van der Waals surface area contributed by atoms with Gasteiger partial charge in [0.15, 0.2) is 5.82 Å². The molecule has 0 atom stereocenters. The molecule has 0 fully saturated rings. The van der Waals surface area contributed by atoms with E-state index in [0.29, 0.717) is 0 Å². The van der Waals surface area contributed by atoms with Crippen LogP contribution in [0.3, 0.4) is 0 Å². The average Bonchev–Trinajstić information content (AvgIpc) is 3.98. The predicted octanol–water partition coefficient (Wildman–Crippen LogP) is 11.4. The fourth-order valence-corrected chi connectivity index (χ4v) is 15.6. The zero-order valence-corrected chi connectivity index (χ0v) is 35.2. The number of nitrogens with zero attached hydrogens (tertiary/aromatic N) is 4. The van der Waals surface area contributed by atoms with Gasteiger partial charge in [0.05, 0.1) is 33.1 Å². The van der Waals surface area contributed by atoms with Crippen LogP contribution >= 0.6 is 0 Å². The topological polar surface area (TPSA) is 35.6 Å². The van der Waals surface area contributed by atoms with E-state index in [4.69, 9.17) is 9.97 Å². The number of fused-ring (bicyclic) bond motifs is 9. The van der Waals surface area contributed by atoms with Crippen LogP contribution in [0.2, 0.25) is 0 Å². The van der Waals surface area contributed by atoms with Gasteiger partial charge in [-0.2, -0.15) is 0 Å². The van der Waals surface area contributed by atoms with Gasteiger partial charge in [0, 0.05) is 49.6 Å². The Kier molecular flexibility index (Phi) is 7.89. The zero-order valence-electron chi connectivity index (χ0n) is 34.2. The first-order valence-electron chi connectivity index (χ1n) is 21.6. The summed E-state index contributed by atoms with van der Waals surface area (Å²) in [5.74, 6) is 0.735. The number of hydrogen-bond acceptors (Lipinski definition) is 2. The van der Waals surface area contributed by atoms with Crippen molar-refractivity contribution in [1.29, 1.82) is 0 Å². The smallest absolute Gasteiger partial charge is 0.203 e. The van der Waals surface area contributed by atoms with E-state index in [1.165, 1.54) is 53.7 Å². The van der Waals surface area contributed by atoms with E-state index in [-0.39, 0.29) is 0 Å². The number of rotatable bonds is 6. The summed E-state index contributed by atoms with van der Waals surface area (Å²) in [6.07, 6.45) is 0. The molecule has 4 heterocycles. The Morgan fingerprint density at radius 3 is 1.51 bits per heavy atom. The van der Waals surface area contributed by atoms with E-state index >= 15 is 0 Å². The Morgan fingerprint density at radius 1 is 0.349 bits per heavy atom. The minimum Gasteiger partial charge on any atom is -0.309 e. The SMILES string of the molecule is c1ccc(-c2nc(-c3cccc(-n4c5ccccc5c5cc6c7ccccc7n(-c7ccccc7)c6cc54)c3)c3c(n2)[Si](c2ccccc2)(c2ccccc2)c2ccccc2-3)cc1. The molecule has 0 N–H and O–H groups in total. The van der Waals surface area contributed by atoms with Crippen molar-refractivity contribution in [1.82, 2.24) is 19.1 Å². The molecule has 0 aliphatic carbocycles. The van der Waals surface area contributed by atoms with Crippen molar-refractivity contribution in [2.45, 2.75) is 0 Å². The maximum absolute atomic E-state index is 5.71. The molecule has 1 aliphatic rings. The lowest BCUT2D eigenvalue weighted by atomic mass is 10.00. The van der Waals surface area contributed by atoms with E-state index < -0.39 is 8.07 Å². The van der Waals surface area contributed by atoms with Gasteiger partial charge in [-0.25, -0.2) is 9.97 Å². The van der Waals surface area contributed by atoms with Crippen molar-refractivity contribution in [2.75, 3.05) is 0 Å². The second kappa shape index (κ2) is 14.0. The second-order valence-corrected chi connectivity index (χ2v) is 20.2. The van der Waals surface area contributed by atoms with Crippen molar-refractivity contribution in [3.8, 4) is 45.1 Å². The van der Waals surface area contributed by atoms with Crippen LogP contribution in [0.5, 0.6) is 0 Å². The van der Waals surface area contributed by atoms with E-state index in [1.807, 2.05) is 0 Å². The largest absolute Gasteiger partial charge is 0.309 e. The van der Waals surface area contributed by atoms with Gasteiger partial charge in [-0.05, 0) is 69.7 Å². The predicted molar refractivity (Wildman–Crippen MR) is 264 cm³/mol. The summed E-state index contributed by atoms with van der Waals surface area (Å²) in [4.78, 5) is 11.3. The zero-order chi connectivity index (χ0) is 41.5. The lowest BCUT2D eigenvalue weighted by Gasteiger charge is -2.30. The summed E-state index contributed by atoms with van der Waals surface area (Å²) in [6.45, 7) is 0. The van der Waals surface area contributed by atoms with E-state index in [2.05, 4.69) is 240 Å². The van der Waals surface area contributed by atoms with Gasteiger partial charge in [-0.1, -0.05) is 182 Å². The molecule has 0 saturated heterocycles. The van der Waals surface area contributed by atoms with Gasteiger partial charge in [0.2, 0.25) is 8.07 Å². The minimum atomic E-state index is -2.93. The highest BCUT2D eigenvalue weighted by Crippen LogP contribution is 2.41. The standard InChI is InChI=1S/C58H38N4Si/c1-5-20-39(21-6-1)57-59-56(55-47-32-15-18-35-54(47)63(58(55)60-57,43-26-9-3-10-27-43)44-28-11-4-12-29-44)40-22-19-25-42(36-40)62-51-34-17-14-31-46(51)49-37-48-45-30-13-16-33-50(45)61(52(48)38-53(49)62)41-23-7-2-8-24-41/h1-38H. The Labute approximate surface area is 365 Å². The molecule has 3 aromatic heterocycles. The molecule has 1 aliphatic heterocycles. The second-order valence-electron chi connectivity index (χ2n) is 16.5. The van der Waals surface area contributed by atoms with Gasteiger partial charge < -0.3 is 9.13 Å². The van der Waals surface area contributed by atoms with Crippen molar-refractivity contribution < 1.29 is 0 Å². The van der Waals surface area contributed by atoms with Gasteiger partial charge >= 0.3 is 0 Å². The lowest BCUT2D eigenvalue weighted by Crippen LogP contribution is -2.73. The Balaban J connectivity index is 1.11. The molecule has 0 spiro atoms. The van der Waals surface area contributed by atoms with Crippen LogP contribution in [-0.4, -0.2) is 27.2 Å². The molecule has 5 heteroatoms. The summed E-state index contributed by atoms with van der Waals surface area (Å²) in [5, 5.41) is 10.0. The van der Waals surface area contributed by atoms with Crippen LogP contribution in [0, 0.1) is 0 Å². The minimum absolute atomic E-state index is 0.735. The molecule has 294 valence electrons. The summed E-state index contributed by atoms with van der Waals surface area (Å²) in [5.41, 5.74) is 12.2. The van der Waals surface area contributed by atoms with Gasteiger partial charge in [0.25, 0.3) is 0 Å². The van der Waals surface area contributed by atoms with E-state index in [9.17, 15) is 0 Å². The van der Waals surface area contributed by atoms with E-state index in [0.717, 1.165) is 55.9 Å². The summed E-state index contributed by atoms with van der Waals surface area (Å²) >= 11 is 0. The monoisotopic (exact) mass is 818 g/mol. The molecule has 0 amide bonds. The lowest BCUT2D eigenvalue weighted by molar-refractivity contribution is 1.16. The number of hydrogen-bond donors (Lipinski definition) is 0. The quantitative estimate of drug-likeness (QED) is 0.157. The van der Waals surface area contributed by atoms with Crippen LogP contribution in [0.1, 0.15) is 0 Å². The van der Waals surface area contributed by atoms with Crippen molar-refractivity contribution in [3.63, 3.8) is 0 Å². The van der Waals surface area contributed by atoms with Crippen LogP contribution in [0.15, 0.2) is 231 Å². The molecule has 9 aromatic carbocycles. The number of aromatic nitrogens is 4. The van der Waals surface area contributed by atoms with E-state index in [1.54, 1.807) is 0 Å². The number of benzene rings is 9. The summed E-state index contributed by atoms with van der Waals surface area (Å²) in [6, 6.07) is 83.8. The molecular formula is C58H38N4Si. The molecule has 0 saturated carbocycles. The van der Waals surface area contributed by atoms with Crippen LogP contribution in [0.4, 0.5) is 0 Å². The number of para-hydroxylation sites is 3. The molecule has 12 aromatic rings. The molecule has 0 bridgehead atoms. The van der Waals surface area contributed by atoms with Gasteiger partial charge in [-0.3, -0.25) is 0 Å². The Hall–Kier alpha value is -8.12. The third kappa shape index (κ3) is 5.21. The average molecular weight is 819 g/mol. The van der Waals surface area contributed by atoms with Crippen LogP contribution < -0.4 is 20.9 Å². The van der Waals surface area contributed by atoms with Crippen molar-refractivity contribution in [3.05, 3.63) is 231 Å². The van der Waals surface area contributed by atoms with Crippen molar-refractivity contribution in [2.24, 2.45) is 0 Å². The molecule has 0 radical (unpaired) electrons. The highest BCUT2D eigenvalue weighted by Gasteiger charge is 2.51. The van der Waals surface area contributed by atoms with Gasteiger partial charge in [-0.15, -0.1) is 0 Å². The molecule has 63 heavy (non-hydrogen) atoms. The maximum atomic E-state index is 5.71. The summed E-state index contributed by atoms with van der Waals surface area (Å²) < 4.78 is 4.85. The molecule has 4 nitrogen and oxygen atoms in total. The fraction of sp³-hybridized carbons (Fsp3) is 0. The maximum Gasteiger partial charge on any atom is 0.203 e. The molecular weight excluding hydrogens is 781 g/mol. The molecule has 13 rings (SSSR count). The first kappa shape index (κ1) is 35.6. The molecule has 0 unspecified atom stereocenters. The summed E-state index contributed by atoms with van der Waals surface area (Å²) in [7, 11) is -2.93.